The fourth-order valence-corrected chi connectivity index (χ4v) is 1.90. The van der Waals surface area contributed by atoms with Crippen molar-refractivity contribution in [2.75, 3.05) is 0 Å². The Kier molecular flexibility index (Phi) is 3.20. The first-order chi connectivity index (χ1) is 7.68. The molecule has 0 aromatic heterocycles. The Hall–Kier alpha value is -1.02. The molecule has 1 aliphatic rings. The molecule has 0 atom stereocenters. The van der Waals surface area contributed by atoms with Crippen molar-refractivity contribution in [3.63, 3.8) is 0 Å². The van der Waals surface area contributed by atoms with Gasteiger partial charge in [0.1, 0.15) is 5.75 Å². The fourth-order valence-electron chi connectivity index (χ4n) is 1.90. The SMILES string of the molecule is CCC(O)(CC)c1cccc(OC2CC2)c1. The molecular formula is C14H20O2. The standard InChI is InChI=1S/C14H20O2/c1-3-14(15,4-2)11-6-5-7-13(10-11)16-12-8-9-12/h5-7,10,12,15H,3-4,8-9H2,1-2H3. The topological polar surface area (TPSA) is 29.5 Å². The lowest BCUT2D eigenvalue weighted by Gasteiger charge is -2.26. The fraction of sp³-hybridized carbons (Fsp3) is 0.571. The molecule has 88 valence electrons. The van der Waals surface area contributed by atoms with Gasteiger partial charge < -0.3 is 9.84 Å². The van der Waals surface area contributed by atoms with Crippen molar-refractivity contribution < 1.29 is 9.84 Å². The molecule has 1 aliphatic carbocycles. The third-order valence-corrected chi connectivity index (χ3v) is 3.37. The second-order valence-corrected chi connectivity index (χ2v) is 4.58. The van der Waals surface area contributed by atoms with Gasteiger partial charge in [0.25, 0.3) is 0 Å². The van der Waals surface area contributed by atoms with Gasteiger partial charge in [0.2, 0.25) is 0 Å². The molecule has 1 aromatic rings. The highest BCUT2D eigenvalue weighted by Gasteiger charge is 2.27. The van der Waals surface area contributed by atoms with Gasteiger partial charge in [0, 0.05) is 0 Å². The maximum atomic E-state index is 10.4. The van der Waals surface area contributed by atoms with Crippen LogP contribution in [0.15, 0.2) is 24.3 Å². The summed E-state index contributed by atoms with van der Waals surface area (Å²) in [5.74, 6) is 0.889. The minimum atomic E-state index is -0.705. The van der Waals surface area contributed by atoms with Crippen molar-refractivity contribution in [2.45, 2.75) is 51.2 Å². The van der Waals surface area contributed by atoms with E-state index in [1.54, 1.807) is 0 Å². The Labute approximate surface area is 97.3 Å². The largest absolute Gasteiger partial charge is 0.490 e. The monoisotopic (exact) mass is 220 g/mol. The molecule has 0 spiro atoms. The Morgan fingerprint density at radius 2 is 2.00 bits per heavy atom. The molecular weight excluding hydrogens is 200 g/mol. The Balaban J connectivity index is 2.19. The van der Waals surface area contributed by atoms with Gasteiger partial charge in [-0.2, -0.15) is 0 Å². The maximum absolute atomic E-state index is 10.4. The molecule has 1 N–H and O–H groups in total. The van der Waals surface area contributed by atoms with Crippen LogP contribution in [0.1, 0.15) is 45.1 Å². The number of benzene rings is 1. The third kappa shape index (κ3) is 2.38. The summed E-state index contributed by atoms with van der Waals surface area (Å²) in [7, 11) is 0. The van der Waals surface area contributed by atoms with Crippen LogP contribution in [0.4, 0.5) is 0 Å². The van der Waals surface area contributed by atoms with Crippen LogP contribution in [0.3, 0.4) is 0 Å². The van der Waals surface area contributed by atoms with E-state index in [0.717, 1.165) is 37.0 Å². The Bertz CT molecular complexity index is 352. The van der Waals surface area contributed by atoms with Gasteiger partial charge in [-0.05, 0) is 43.4 Å². The summed E-state index contributed by atoms with van der Waals surface area (Å²) in [6.07, 6.45) is 4.20. The molecule has 1 fully saturated rings. The highest BCUT2D eigenvalue weighted by Crippen LogP contribution is 2.32. The first-order valence-electron chi connectivity index (χ1n) is 6.17. The summed E-state index contributed by atoms with van der Waals surface area (Å²) in [5, 5.41) is 10.4. The Morgan fingerprint density at radius 1 is 1.31 bits per heavy atom. The van der Waals surface area contributed by atoms with Crippen LogP contribution in [-0.4, -0.2) is 11.2 Å². The van der Waals surface area contributed by atoms with Crippen LogP contribution < -0.4 is 4.74 Å². The highest BCUT2D eigenvalue weighted by molar-refractivity contribution is 5.32. The molecule has 16 heavy (non-hydrogen) atoms. The van der Waals surface area contributed by atoms with Crippen LogP contribution >= 0.6 is 0 Å². The average Bonchev–Trinajstić information content (AvgIpc) is 3.12. The normalized spacial score (nSPS) is 16.2. The molecule has 0 heterocycles. The number of hydrogen-bond acceptors (Lipinski definition) is 2. The lowest BCUT2D eigenvalue weighted by molar-refractivity contribution is 0.0281. The van der Waals surface area contributed by atoms with Gasteiger partial charge in [0.15, 0.2) is 0 Å². The summed E-state index contributed by atoms with van der Waals surface area (Å²) in [6, 6.07) is 7.88. The van der Waals surface area contributed by atoms with Crippen molar-refractivity contribution in [1.82, 2.24) is 0 Å². The van der Waals surface area contributed by atoms with E-state index in [9.17, 15) is 5.11 Å². The van der Waals surface area contributed by atoms with Crippen molar-refractivity contribution in [1.29, 1.82) is 0 Å². The molecule has 2 nitrogen and oxygen atoms in total. The van der Waals surface area contributed by atoms with Crippen molar-refractivity contribution in [3.05, 3.63) is 29.8 Å². The number of hydrogen-bond donors (Lipinski definition) is 1. The van der Waals surface area contributed by atoms with Crippen LogP contribution in [0, 0.1) is 0 Å². The summed E-state index contributed by atoms with van der Waals surface area (Å²) in [6.45, 7) is 4.02. The zero-order valence-corrected chi connectivity index (χ0v) is 10.1. The lowest BCUT2D eigenvalue weighted by atomic mass is 9.88. The van der Waals surface area contributed by atoms with E-state index in [1.165, 1.54) is 0 Å². The number of ether oxygens (including phenoxy) is 1. The summed E-state index contributed by atoms with van der Waals surface area (Å²) in [5.41, 5.74) is 0.263. The molecule has 1 saturated carbocycles. The summed E-state index contributed by atoms with van der Waals surface area (Å²) < 4.78 is 5.74. The highest BCUT2D eigenvalue weighted by atomic mass is 16.5. The van der Waals surface area contributed by atoms with Crippen LogP contribution in [0.2, 0.25) is 0 Å². The molecule has 0 unspecified atom stereocenters. The lowest BCUT2D eigenvalue weighted by Crippen LogP contribution is -2.23. The second kappa shape index (κ2) is 4.46. The van der Waals surface area contributed by atoms with Gasteiger partial charge in [0.05, 0.1) is 11.7 Å². The first kappa shape index (κ1) is 11.5. The van der Waals surface area contributed by atoms with Crippen molar-refractivity contribution in [3.8, 4) is 5.75 Å². The molecule has 0 bridgehead atoms. The first-order valence-corrected chi connectivity index (χ1v) is 6.17. The zero-order chi connectivity index (χ0) is 11.6. The minimum absolute atomic E-state index is 0.409. The van der Waals surface area contributed by atoms with Gasteiger partial charge in [-0.15, -0.1) is 0 Å². The third-order valence-electron chi connectivity index (χ3n) is 3.37. The van der Waals surface area contributed by atoms with Gasteiger partial charge in [-0.3, -0.25) is 0 Å². The van der Waals surface area contributed by atoms with E-state index in [1.807, 2.05) is 38.1 Å². The van der Waals surface area contributed by atoms with Crippen molar-refractivity contribution >= 4 is 0 Å². The minimum Gasteiger partial charge on any atom is -0.490 e. The van der Waals surface area contributed by atoms with E-state index in [-0.39, 0.29) is 0 Å². The predicted molar refractivity (Wildman–Crippen MR) is 64.6 cm³/mol. The maximum Gasteiger partial charge on any atom is 0.120 e. The number of rotatable bonds is 5. The predicted octanol–water partition coefficient (Wildman–Crippen LogP) is 3.24. The summed E-state index contributed by atoms with van der Waals surface area (Å²) in [4.78, 5) is 0. The van der Waals surface area contributed by atoms with Crippen molar-refractivity contribution in [2.24, 2.45) is 0 Å². The number of aliphatic hydroxyl groups is 1. The van der Waals surface area contributed by atoms with Crippen LogP contribution in [-0.2, 0) is 5.60 Å². The van der Waals surface area contributed by atoms with Gasteiger partial charge >= 0.3 is 0 Å². The van der Waals surface area contributed by atoms with Crippen LogP contribution in [0.5, 0.6) is 5.75 Å². The zero-order valence-electron chi connectivity index (χ0n) is 10.1. The van der Waals surface area contributed by atoms with Gasteiger partial charge in [-0.1, -0.05) is 26.0 Å². The molecule has 2 heteroatoms. The molecule has 1 aromatic carbocycles. The molecule has 0 amide bonds. The van der Waals surface area contributed by atoms with E-state index in [4.69, 9.17) is 4.74 Å². The second-order valence-electron chi connectivity index (χ2n) is 4.58. The van der Waals surface area contributed by atoms with E-state index in [0.29, 0.717) is 6.10 Å². The summed E-state index contributed by atoms with van der Waals surface area (Å²) >= 11 is 0. The smallest absolute Gasteiger partial charge is 0.120 e. The van der Waals surface area contributed by atoms with E-state index >= 15 is 0 Å². The van der Waals surface area contributed by atoms with Gasteiger partial charge in [-0.25, -0.2) is 0 Å². The molecule has 0 radical (unpaired) electrons. The average molecular weight is 220 g/mol. The quantitative estimate of drug-likeness (QED) is 0.825. The van der Waals surface area contributed by atoms with Crippen LogP contribution in [0.25, 0.3) is 0 Å². The van der Waals surface area contributed by atoms with E-state index in [2.05, 4.69) is 0 Å². The molecule has 2 rings (SSSR count). The molecule has 0 saturated heterocycles. The van der Waals surface area contributed by atoms with E-state index < -0.39 is 5.60 Å². The Morgan fingerprint density at radius 3 is 2.56 bits per heavy atom. The molecule has 0 aliphatic heterocycles.